The molecule has 0 spiro atoms. The van der Waals surface area contributed by atoms with Crippen molar-refractivity contribution in [3.05, 3.63) is 126 Å². The predicted octanol–water partition coefficient (Wildman–Crippen LogP) is 4.59. The predicted molar refractivity (Wildman–Crippen MR) is 164 cm³/mol. The number of nitrogens with zero attached hydrogens (tertiary/aromatic N) is 2. The topological polar surface area (TPSA) is 96.0 Å². The Hall–Kier alpha value is -4.63. The lowest BCUT2D eigenvalue weighted by Crippen LogP contribution is -2.53. The van der Waals surface area contributed by atoms with E-state index in [0.29, 0.717) is 11.4 Å². The summed E-state index contributed by atoms with van der Waals surface area (Å²) in [7, 11) is -1.05. The summed E-state index contributed by atoms with van der Waals surface area (Å²) in [5.41, 5.74) is 2.79. The number of aryl methyl sites for hydroxylation is 1. The molecule has 4 rings (SSSR count). The molecule has 1 N–H and O–H groups in total. The Morgan fingerprint density at radius 2 is 1.48 bits per heavy atom. The van der Waals surface area contributed by atoms with Crippen LogP contribution in [0.4, 0.5) is 5.69 Å². The number of amides is 2. The lowest BCUT2D eigenvalue weighted by atomic mass is 10.0. The van der Waals surface area contributed by atoms with Crippen LogP contribution in [-0.2, 0) is 32.6 Å². The average Bonchev–Trinajstić information content (AvgIpc) is 3.02. The lowest BCUT2D eigenvalue weighted by molar-refractivity contribution is -0.139. The zero-order valence-electron chi connectivity index (χ0n) is 23.9. The maximum Gasteiger partial charge on any atom is 0.264 e. The van der Waals surface area contributed by atoms with E-state index in [-0.39, 0.29) is 23.8 Å². The van der Waals surface area contributed by atoms with Crippen LogP contribution >= 0.6 is 0 Å². The van der Waals surface area contributed by atoms with Crippen molar-refractivity contribution in [2.75, 3.05) is 25.0 Å². The second kappa shape index (κ2) is 13.8. The molecular weight excluding hydrogens is 550 g/mol. The quantitative estimate of drug-likeness (QED) is 0.263. The largest absolute Gasteiger partial charge is 0.497 e. The van der Waals surface area contributed by atoms with Crippen LogP contribution in [0.2, 0.25) is 0 Å². The molecule has 0 aliphatic rings. The van der Waals surface area contributed by atoms with Crippen LogP contribution in [0, 0.1) is 6.92 Å². The van der Waals surface area contributed by atoms with Gasteiger partial charge in [-0.25, -0.2) is 8.42 Å². The fraction of sp³-hybridized carbons (Fsp3) is 0.212. The van der Waals surface area contributed by atoms with Crippen LogP contribution < -0.4 is 14.4 Å². The fourth-order valence-electron chi connectivity index (χ4n) is 4.72. The summed E-state index contributed by atoms with van der Waals surface area (Å²) in [6.45, 7) is 1.41. The number of carbonyl (C=O) groups is 2. The molecule has 218 valence electrons. The van der Waals surface area contributed by atoms with Crippen molar-refractivity contribution >= 4 is 27.5 Å². The van der Waals surface area contributed by atoms with Crippen LogP contribution in [0.5, 0.6) is 5.75 Å². The van der Waals surface area contributed by atoms with Gasteiger partial charge in [0.1, 0.15) is 18.3 Å². The third-order valence-electron chi connectivity index (χ3n) is 6.90. The van der Waals surface area contributed by atoms with E-state index in [4.69, 9.17) is 4.74 Å². The third-order valence-corrected chi connectivity index (χ3v) is 8.69. The van der Waals surface area contributed by atoms with Gasteiger partial charge in [-0.3, -0.25) is 13.9 Å². The van der Waals surface area contributed by atoms with Gasteiger partial charge in [0.05, 0.1) is 17.7 Å². The Morgan fingerprint density at radius 3 is 2.12 bits per heavy atom. The van der Waals surface area contributed by atoms with E-state index < -0.39 is 28.5 Å². The smallest absolute Gasteiger partial charge is 0.264 e. The second-order valence-electron chi connectivity index (χ2n) is 9.86. The van der Waals surface area contributed by atoms with Crippen molar-refractivity contribution in [3.63, 3.8) is 0 Å². The second-order valence-corrected chi connectivity index (χ2v) is 11.7. The van der Waals surface area contributed by atoms with Gasteiger partial charge >= 0.3 is 0 Å². The van der Waals surface area contributed by atoms with E-state index >= 15 is 0 Å². The molecule has 0 aliphatic heterocycles. The Bertz CT molecular complexity index is 1610. The van der Waals surface area contributed by atoms with E-state index in [0.717, 1.165) is 21.0 Å². The molecule has 0 aliphatic carbocycles. The molecule has 4 aromatic carbocycles. The standard InChI is InChI=1S/C33H35N3O5S/c1-25-12-10-16-28(20-25)36(42(39,40)30-18-8-5-9-19-30)24-32(37)35(23-27-15-11-17-29(21-27)41-3)31(33(38)34-2)22-26-13-6-4-7-14-26/h4-21,31H,22-24H2,1-3H3,(H,34,38)/t31-/m0/s1. The van der Waals surface area contributed by atoms with Gasteiger partial charge < -0.3 is 15.0 Å². The molecule has 0 saturated heterocycles. The zero-order chi connectivity index (χ0) is 30.1. The first-order valence-electron chi connectivity index (χ1n) is 13.6. The first-order valence-corrected chi connectivity index (χ1v) is 15.0. The highest BCUT2D eigenvalue weighted by Crippen LogP contribution is 2.26. The Morgan fingerprint density at radius 1 is 0.833 bits per heavy atom. The maximum absolute atomic E-state index is 14.3. The Kier molecular flexibility index (Phi) is 9.98. The molecule has 0 unspecified atom stereocenters. The van der Waals surface area contributed by atoms with Crippen molar-refractivity contribution in [2.24, 2.45) is 0 Å². The number of likely N-dealkylation sites (N-methyl/N-ethyl adjacent to an activating group) is 1. The van der Waals surface area contributed by atoms with E-state index in [1.807, 2.05) is 55.5 Å². The maximum atomic E-state index is 14.3. The van der Waals surface area contributed by atoms with Gasteiger partial charge in [0.2, 0.25) is 11.8 Å². The summed E-state index contributed by atoms with van der Waals surface area (Å²) < 4.78 is 34.4. The summed E-state index contributed by atoms with van der Waals surface area (Å²) >= 11 is 0. The number of methoxy groups -OCH3 is 1. The number of rotatable bonds is 12. The highest BCUT2D eigenvalue weighted by atomic mass is 32.2. The molecule has 4 aromatic rings. The van der Waals surface area contributed by atoms with Crippen LogP contribution in [0.1, 0.15) is 16.7 Å². The highest BCUT2D eigenvalue weighted by Gasteiger charge is 2.34. The third kappa shape index (κ3) is 7.36. The fourth-order valence-corrected chi connectivity index (χ4v) is 6.15. The van der Waals surface area contributed by atoms with Crippen LogP contribution in [0.25, 0.3) is 0 Å². The molecule has 0 aromatic heterocycles. The molecule has 2 amide bonds. The SMILES string of the molecule is CNC(=O)[C@H](Cc1ccccc1)N(Cc1cccc(OC)c1)C(=O)CN(c1cccc(C)c1)S(=O)(=O)c1ccccc1. The minimum Gasteiger partial charge on any atom is -0.497 e. The minimum absolute atomic E-state index is 0.0609. The van der Waals surface area contributed by atoms with E-state index in [9.17, 15) is 18.0 Å². The monoisotopic (exact) mass is 585 g/mol. The Balaban J connectivity index is 1.79. The molecule has 42 heavy (non-hydrogen) atoms. The van der Waals surface area contributed by atoms with Gasteiger partial charge in [0.15, 0.2) is 0 Å². The van der Waals surface area contributed by atoms with Crippen molar-refractivity contribution in [1.82, 2.24) is 10.2 Å². The van der Waals surface area contributed by atoms with E-state index in [2.05, 4.69) is 5.32 Å². The number of hydrogen-bond donors (Lipinski definition) is 1. The molecule has 1 atom stereocenters. The molecule has 0 saturated carbocycles. The van der Waals surface area contributed by atoms with Gasteiger partial charge in [-0.05, 0) is 60.0 Å². The molecular formula is C33H35N3O5S. The average molecular weight is 586 g/mol. The van der Waals surface area contributed by atoms with Crippen molar-refractivity contribution in [2.45, 2.75) is 30.8 Å². The van der Waals surface area contributed by atoms with Gasteiger partial charge in [0, 0.05) is 20.0 Å². The number of sulfonamides is 1. The van der Waals surface area contributed by atoms with E-state index in [1.165, 1.54) is 24.1 Å². The summed E-state index contributed by atoms with van der Waals surface area (Å²) in [5.74, 6) is -0.279. The number of anilines is 1. The van der Waals surface area contributed by atoms with Crippen molar-refractivity contribution in [1.29, 1.82) is 0 Å². The summed E-state index contributed by atoms with van der Waals surface area (Å²) in [6, 6.07) is 30.7. The number of carbonyl (C=O) groups excluding carboxylic acids is 2. The van der Waals surface area contributed by atoms with Gasteiger partial charge in [-0.15, -0.1) is 0 Å². The lowest BCUT2D eigenvalue weighted by Gasteiger charge is -2.33. The number of ether oxygens (including phenoxy) is 1. The first kappa shape index (κ1) is 30.3. The number of nitrogens with one attached hydrogen (secondary N) is 1. The summed E-state index contributed by atoms with van der Waals surface area (Å²) in [4.78, 5) is 29.2. The minimum atomic E-state index is -4.13. The van der Waals surface area contributed by atoms with Crippen molar-refractivity contribution < 1.29 is 22.7 Å². The highest BCUT2D eigenvalue weighted by molar-refractivity contribution is 7.92. The molecule has 0 radical (unpaired) electrons. The van der Waals surface area contributed by atoms with Crippen LogP contribution in [-0.4, -0.2) is 51.9 Å². The normalized spacial score (nSPS) is 11.8. The van der Waals surface area contributed by atoms with Crippen LogP contribution in [0.15, 0.2) is 114 Å². The molecule has 0 heterocycles. The first-order chi connectivity index (χ1) is 20.2. The summed E-state index contributed by atoms with van der Waals surface area (Å²) in [6.07, 6.45) is 0.242. The molecule has 0 fully saturated rings. The number of hydrogen-bond acceptors (Lipinski definition) is 5. The van der Waals surface area contributed by atoms with Gasteiger partial charge in [-0.1, -0.05) is 72.8 Å². The molecule has 9 heteroatoms. The van der Waals surface area contributed by atoms with Gasteiger partial charge in [0.25, 0.3) is 10.0 Å². The number of benzene rings is 4. The van der Waals surface area contributed by atoms with E-state index in [1.54, 1.807) is 55.6 Å². The summed E-state index contributed by atoms with van der Waals surface area (Å²) in [5, 5.41) is 2.69. The van der Waals surface area contributed by atoms with Crippen molar-refractivity contribution in [3.8, 4) is 5.75 Å². The van der Waals surface area contributed by atoms with Crippen LogP contribution in [0.3, 0.4) is 0 Å². The molecule has 0 bridgehead atoms. The molecule has 8 nitrogen and oxygen atoms in total. The zero-order valence-corrected chi connectivity index (χ0v) is 24.8. The van der Waals surface area contributed by atoms with Gasteiger partial charge in [-0.2, -0.15) is 0 Å². The Labute approximate surface area is 247 Å².